The summed E-state index contributed by atoms with van der Waals surface area (Å²) in [6.07, 6.45) is 0.487. The van der Waals surface area contributed by atoms with Crippen molar-refractivity contribution in [2.24, 2.45) is 0 Å². The Morgan fingerprint density at radius 2 is 2.17 bits per heavy atom. The number of carbonyl (C=O) groups is 2. The van der Waals surface area contributed by atoms with E-state index >= 15 is 0 Å². The van der Waals surface area contributed by atoms with Gasteiger partial charge in [0.25, 0.3) is 0 Å². The van der Waals surface area contributed by atoms with Gasteiger partial charge in [0.1, 0.15) is 11.2 Å². The molecular formula is C13H12FNO3. The highest BCUT2D eigenvalue weighted by Crippen LogP contribution is 2.46. The number of esters is 1. The average Bonchev–Trinajstić information content (AvgIpc) is 2.69. The Morgan fingerprint density at radius 1 is 1.39 bits per heavy atom. The van der Waals surface area contributed by atoms with Crippen molar-refractivity contribution in [3.8, 4) is 0 Å². The second-order valence-corrected chi connectivity index (χ2v) is 4.76. The summed E-state index contributed by atoms with van der Waals surface area (Å²) in [5, 5.41) is 0. The van der Waals surface area contributed by atoms with Gasteiger partial charge in [0.05, 0.1) is 6.61 Å². The van der Waals surface area contributed by atoms with Crippen molar-refractivity contribution < 1.29 is 18.7 Å². The van der Waals surface area contributed by atoms with Crippen LogP contribution >= 0.6 is 0 Å². The number of hydrogen-bond donors (Lipinski definition) is 0. The van der Waals surface area contributed by atoms with Crippen LogP contribution in [0.2, 0.25) is 0 Å². The number of anilines is 1. The SMILES string of the molecule is CN1C(=O)C[C@]2(CCOC2=O)c2cc(F)ccc21. The van der Waals surface area contributed by atoms with Crippen LogP contribution in [0.15, 0.2) is 18.2 Å². The Morgan fingerprint density at radius 3 is 2.83 bits per heavy atom. The van der Waals surface area contributed by atoms with Crippen LogP contribution in [0.3, 0.4) is 0 Å². The lowest BCUT2D eigenvalue weighted by atomic mass is 9.73. The minimum absolute atomic E-state index is 0.0544. The van der Waals surface area contributed by atoms with Crippen LogP contribution < -0.4 is 4.90 Å². The number of amides is 1. The molecule has 4 nitrogen and oxygen atoms in total. The lowest BCUT2D eigenvalue weighted by Crippen LogP contribution is -2.45. The van der Waals surface area contributed by atoms with Gasteiger partial charge in [-0.1, -0.05) is 0 Å². The van der Waals surface area contributed by atoms with Crippen molar-refractivity contribution in [3.05, 3.63) is 29.6 Å². The summed E-state index contributed by atoms with van der Waals surface area (Å²) in [6, 6.07) is 4.17. The van der Waals surface area contributed by atoms with Gasteiger partial charge in [-0.15, -0.1) is 0 Å². The van der Waals surface area contributed by atoms with Crippen molar-refractivity contribution >= 4 is 17.6 Å². The smallest absolute Gasteiger partial charge is 0.317 e. The highest BCUT2D eigenvalue weighted by Gasteiger charge is 2.52. The fourth-order valence-electron chi connectivity index (χ4n) is 2.75. The number of hydrogen-bond acceptors (Lipinski definition) is 3. The van der Waals surface area contributed by atoms with E-state index in [4.69, 9.17) is 4.74 Å². The molecule has 1 amide bonds. The molecule has 1 fully saturated rings. The second-order valence-electron chi connectivity index (χ2n) is 4.76. The molecule has 0 aliphatic carbocycles. The first-order valence-corrected chi connectivity index (χ1v) is 5.78. The van der Waals surface area contributed by atoms with Gasteiger partial charge < -0.3 is 9.64 Å². The van der Waals surface area contributed by atoms with Crippen molar-refractivity contribution in [1.29, 1.82) is 0 Å². The lowest BCUT2D eigenvalue weighted by Gasteiger charge is -2.36. The zero-order valence-electron chi connectivity index (χ0n) is 9.90. The number of cyclic esters (lactones) is 1. The summed E-state index contributed by atoms with van der Waals surface area (Å²) >= 11 is 0. The standard InChI is InChI=1S/C13H12FNO3/c1-15-10-3-2-8(14)6-9(10)13(7-11(15)16)4-5-18-12(13)17/h2-3,6H,4-5,7H2,1H3/t13-/m1/s1. The van der Waals surface area contributed by atoms with Crippen molar-refractivity contribution in [3.63, 3.8) is 0 Å². The molecular weight excluding hydrogens is 237 g/mol. The van der Waals surface area contributed by atoms with E-state index in [2.05, 4.69) is 0 Å². The first-order valence-electron chi connectivity index (χ1n) is 5.78. The molecule has 94 valence electrons. The molecule has 1 saturated heterocycles. The molecule has 3 rings (SSSR count). The van der Waals surface area contributed by atoms with E-state index in [-0.39, 0.29) is 18.9 Å². The van der Waals surface area contributed by atoms with Gasteiger partial charge in [-0.05, 0) is 23.8 Å². The Balaban J connectivity index is 2.25. The van der Waals surface area contributed by atoms with Gasteiger partial charge in [-0.3, -0.25) is 9.59 Å². The number of benzene rings is 1. The highest BCUT2D eigenvalue weighted by molar-refractivity contribution is 6.04. The van der Waals surface area contributed by atoms with Crippen LogP contribution in [-0.2, 0) is 19.7 Å². The molecule has 2 aliphatic rings. The van der Waals surface area contributed by atoms with Crippen molar-refractivity contribution in [2.45, 2.75) is 18.3 Å². The summed E-state index contributed by atoms with van der Waals surface area (Å²) in [5.74, 6) is -0.973. The van der Waals surface area contributed by atoms with Gasteiger partial charge in [0.2, 0.25) is 5.91 Å². The molecule has 5 heteroatoms. The first-order chi connectivity index (χ1) is 8.54. The average molecular weight is 249 g/mol. The van der Waals surface area contributed by atoms with E-state index in [1.54, 1.807) is 7.05 Å². The minimum Gasteiger partial charge on any atom is -0.465 e. The molecule has 1 aromatic rings. The maximum atomic E-state index is 13.4. The number of fused-ring (bicyclic) bond motifs is 2. The Bertz CT molecular complexity index is 557. The lowest BCUT2D eigenvalue weighted by molar-refractivity contribution is -0.144. The topological polar surface area (TPSA) is 46.6 Å². The molecule has 0 saturated carbocycles. The molecule has 0 aromatic heterocycles. The van der Waals surface area contributed by atoms with Crippen molar-refractivity contribution in [1.82, 2.24) is 0 Å². The Labute approximate surface area is 103 Å². The van der Waals surface area contributed by atoms with Crippen molar-refractivity contribution in [2.75, 3.05) is 18.6 Å². The fourth-order valence-corrected chi connectivity index (χ4v) is 2.75. The van der Waals surface area contributed by atoms with E-state index in [1.807, 2.05) is 0 Å². The van der Waals surface area contributed by atoms with Gasteiger partial charge >= 0.3 is 5.97 Å². The number of carbonyl (C=O) groups excluding carboxylic acids is 2. The Kier molecular flexibility index (Phi) is 2.20. The third-order valence-electron chi connectivity index (χ3n) is 3.82. The minimum atomic E-state index is -0.985. The normalized spacial score (nSPS) is 26.4. The number of ether oxygens (including phenoxy) is 1. The van der Waals surface area contributed by atoms with E-state index in [0.717, 1.165) is 0 Å². The predicted molar refractivity (Wildman–Crippen MR) is 61.7 cm³/mol. The summed E-state index contributed by atoms with van der Waals surface area (Å²) in [4.78, 5) is 25.4. The quantitative estimate of drug-likeness (QED) is 0.652. The van der Waals surface area contributed by atoms with Gasteiger partial charge in [0, 0.05) is 25.6 Å². The van der Waals surface area contributed by atoms with Crippen LogP contribution in [0, 0.1) is 5.82 Å². The molecule has 1 spiro atoms. The zero-order valence-corrected chi connectivity index (χ0v) is 9.90. The molecule has 2 aliphatic heterocycles. The van der Waals surface area contributed by atoms with E-state index < -0.39 is 17.2 Å². The summed E-state index contributed by atoms with van der Waals surface area (Å²) in [6.45, 7) is 0.284. The maximum absolute atomic E-state index is 13.4. The Hall–Kier alpha value is -1.91. The molecule has 2 heterocycles. The summed E-state index contributed by atoms with van der Waals surface area (Å²) < 4.78 is 18.4. The summed E-state index contributed by atoms with van der Waals surface area (Å²) in [5.41, 5.74) is 0.166. The molecule has 1 atom stereocenters. The third-order valence-corrected chi connectivity index (χ3v) is 3.82. The van der Waals surface area contributed by atoms with Crippen LogP contribution in [0.1, 0.15) is 18.4 Å². The summed E-state index contributed by atoms with van der Waals surface area (Å²) in [7, 11) is 1.63. The number of nitrogens with zero attached hydrogens (tertiary/aromatic N) is 1. The highest BCUT2D eigenvalue weighted by atomic mass is 19.1. The second kappa shape index (κ2) is 3.54. The molecule has 18 heavy (non-hydrogen) atoms. The first kappa shape index (κ1) is 11.2. The maximum Gasteiger partial charge on any atom is 0.317 e. The van der Waals surface area contributed by atoms with Gasteiger partial charge in [-0.25, -0.2) is 4.39 Å². The molecule has 1 aromatic carbocycles. The molecule has 0 N–H and O–H groups in total. The largest absolute Gasteiger partial charge is 0.465 e. The van der Waals surface area contributed by atoms with Crippen LogP contribution in [0.4, 0.5) is 10.1 Å². The monoisotopic (exact) mass is 249 g/mol. The zero-order chi connectivity index (χ0) is 12.9. The van der Waals surface area contributed by atoms with Gasteiger partial charge in [-0.2, -0.15) is 0 Å². The predicted octanol–water partition coefficient (Wildman–Crippen LogP) is 1.38. The van der Waals surface area contributed by atoms with Crippen LogP contribution in [0.5, 0.6) is 0 Å². The van der Waals surface area contributed by atoms with Crippen LogP contribution in [0.25, 0.3) is 0 Å². The van der Waals surface area contributed by atoms with E-state index in [1.165, 1.54) is 23.1 Å². The van der Waals surface area contributed by atoms with Gasteiger partial charge in [0.15, 0.2) is 0 Å². The van der Waals surface area contributed by atoms with Crippen LogP contribution in [-0.4, -0.2) is 25.5 Å². The van der Waals surface area contributed by atoms with E-state index in [9.17, 15) is 14.0 Å². The number of rotatable bonds is 0. The molecule has 0 radical (unpaired) electrons. The number of halogens is 1. The molecule has 0 unspecified atom stereocenters. The molecule has 0 bridgehead atoms. The third kappa shape index (κ3) is 1.30. The van der Waals surface area contributed by atoms with E-state index in [0.29, 0.717) is 17.7 Å². The fraction of sp³-hybridized carbons (Fsp3) is 0.385.